The first-order chi connectivity index (χ1) is 6.63. The van der Waals surface area contributed by atoms with Crippen molar-refractivity contribution in [2.24, 2.45) is 5.73 Å². The third kappa shape index (κ3) is 3.08. The van der Waals surface area contributed by atoms with E-state index in [1.165, 1.54) is 7.11 Å². The van der Waals surface area contributed by atoms with Crippen molar-refractivity contribution < 1.29 is 9.53 Å². The molecule has 0 aromatic carbocycles. The van der Waals surface area contributed by atoms with Gasteiger partial charge in [0.05, 0.1) is 7.11 Å². The van der Waals surface area contributed by atoms with Crippen molar-refractivity contribution in [1.82, 2.24) is 4.98 Å². The quantitative estimate of drug-likeness (QED) is 0.818. The molecule has 0 saturated carbocycles. The van der Waals surface area contributed by atoms with Crippen molar-refractivity contribution in [2.45, 2.75) is 12.5 Å². The zero-order valence-corrected chi connectivity index (χ0v) is 9.32. The second kappa shape index (κ2) is 5.07. The highest BCUT2D eigenvalue weighted by atomic mass is 79.9. The lowest BCUT2D eigenvalue weighted by Crippen LogP contribution is -2.33. The molecule has 0 aliphatic carbocycles. The van der Waals surface area contributed by atoms with E-state index in [1.54, 1.807) is 6.20 Å². The molecule has 1 rings (SSSR count). The van der Waals surface area contributed by atoms with Crippen LogP contribution >= 0.6 is 15.9 Å². The van der Waals surface area contributed by atoms with Crippen molar-refractivity contribution in [3.8, 4) is 0 Å². The number of carbonyl (C=O) groups is 1. The Morgan fingerprint density at radius 1 is 1.79 bits per heavy atom. The van der Waals surface area contributed by atoms with Gasteiger partial charge in [-0.15, -0.1) is 0 Å². The van der Waals surface area contributed by atoms with Gasteiger partial charge in [0.2, 0.25) is 0 Å². The number of nitrogens with two attached hydrogens (primary N) is 1. The number of rotatable bonds is 3. The average Bonchev–Trinajstić information content (AvgIpc) is 2.16. The minimum Gasteiger partial charge on any atom is -0.468 e. The number of aromatic nitrogens is 1. The zero-order valence-electron chi connectivity index (χ0n) is 7.74. The van der Waals surface area contributed by atoms with E-state index in [-0.39, 0.29) is 0 Å². The highest BCUT2D eigenvalue weighted by Crippen LogP contribution is 2.10. The monoisotopic (exact) mass is 258 g/mol. The van der Waals surface area contributed by atoms with Gasteiger partial charge in [-0.05, 0) is 12.1 Å². The molecule has 1 heterocycles. The molecule has 0 saturated heterocycles. The number of methoxy groups -OCH3 is 1. The Kier molecular flexibility index (Phi) is 4.03. The van der Waals surface area contributed by atoms with Gasteiger partial charge < -0.3 is 10.5 Å². The molecule has 0 aliphatic rings. The standard InChI is InChI=1S/C9H11BrN2O2/c1-14-9(13)8(11)5-7-4-6(10)2-3-12-7/h2-4,8H,5,11H2,1H3/t8-/m0/s1. The van der Waals surface area contributed by atoms with Crippen LogP contribution in [-0.4, -0.2) is 24.1 Å². The van der Waals surface area contributed by atoms with E-state index in [0.717, 1.165) is 10.2 Å². The van der Waals surface area contributed by atoms with Gasteiger partial charge in [-0.25, -0.2) is 0 Å². The van der Waals surface area contributed by atoms with Gasteiger partial charge in [-0.3, -0.25) is 9.78 Å². The predicted molar refractivity (Wildman–Crippen MR) is 55.6 cm³/mol. The predicted octanol–water partition coefficient (Wildman–Crippen LogP) is 0.887. The highest BCUT2D eigenvalue weighted by molar-refractivity contribution is 9.10. The number of hydrogen-bond donors (Lipinski definition) is 1. The topological polar surface area (TPSA) is 65.2 Å². The average molecular weight is 259 g/mol. The molecule has 14 heavy (non-hydrogen) atoms. The largest absolute Gasteiger partial charge is 0.468 e. The van der Waals surface area contributed by atoms with Crippen LogP contribution in [0.15, 0.2) is 22.8 Å². The minimum absolute atomic E-state index is 0.381. The fourth-order valence-corrected chi connectivity index (χ4v) is 1.40. The van der Waals surface area contributed by atoms with Crippen molar-refractivity contribution in [2.75, 3.05) is 7.11 Å². The lowest BCUT2D eigenvalue weighted by molar-refractivity contribution is -0.142. The van der Waals surface area contributed by atoms with E-state index in [4.69, 9.17) is 5.73 Å². The summed E-state index contributed by atoms with van der Waals surface area (Å²) in [5, 5.41) is 0. The molecule has 0 bridgehead atoms. The van der Waals surface area contributed by atoms with E-state index in [2.05, 4.69) is 25.7 Å². The summed E-state index contributed by atoms with van der Waals surface area (Å²) in [5.41, 5.74) is 6.34. The van der Waals surface area contributed by atoms with E-state index >= 15 is 0 Å². The molecule has 2 N–H and O–H groups in total. The molecular weight excluding hydrogens is 248 g/mol. The SMILES string of the molecule is COC(=O)[C@@H](N)Cc1cc(Br)ccn1. The maximum Gasteiger partial charge on any atom is 0.323 e. The van der Waals surface area contributed by atoms with Gasteiger partial charge in [0.1, 0.15) is 6.04 Å². The number of nitrogens with zero attached hydrogens (tertiary/aromatic N) is 1. The molecule has 1 aromatic rings. The number of pyridine rings is 1. The Bertz CT molecular complexity index is 330. The van der Waals surface area contributed by atoms with Gasteiger partial charge in [0, 0.05) is 22.8 Å². The van der Waals surface area contributed by atoms with Crippen molar-refractivity contribution in [3.63, 3.8) is 0 Å². The molecule has 0 spiro atoms. The summed E-state index contributed by atoms with van der Waals surface area (Å²) < 4.78 is 5.43. The maximum atomic E-state index is 11.0. The summed E-state index contributed by atoms with van der Waals surface area (Å²) >= 11 is 3.31. The number of hydrogen-bond acceptors (Lipinski definition) is 4. The Morgan fingerprint density at radius 3 is 3.07 bits per heavy atom. The molecule has 0 radical (unpaired) electrons. The molecule has 0 unspecified atom stereocenters. The van der Waals surface area contributed by atoms with E-state index < -0.39 is 12.0 Å². The van der Waals surface area contributed by atoms with Gasteiger partial charge in [0.15, 0.2) is 0 Å². The van der Waals surface area contributed by atoms with Gasteiger partial charge >= 0.3 is 5.97 Å². The van der Waals surface area contributed by atoms with Crippen LogP contribution in [0.4, 0.5) is 0 Å². The lowest BCUT2D eigenvalue weighted by atomic mass is 10.1. The Morgan fingerprint density at radius 2 is 2.50 bits per heavy atom. The number of esters is 1. The highest BCUT2D eigenvalue weighted by Gasteiger charge is 2.14. The first-order valence-electron chi connectivity index (χ1n) is 4.07. The fourth-order valence-electron chi connectivity index (χ4n) is 1.02. The Balaban J connectivity index is 2.64. The second-order valence-electron chi connectivity index (χ2n) is 2.80. The van der Waals surface area contributed by atoms with Gasteiger partial charge in [0.25, 0.3) is 0 Å². The zero-order chi connectivity index (χ0) is 10.6. The first kappa shape index (κ1) is 11.1. The number of halogens is 1. The van der Waals surface area contributed by atoms with Crippen LogP contribution in [0.25, 0.3) is 0 Å². The molecule has 0 fully saturated rings. The van der Waals surface area contributed by atoms with Crippen LogP contribution in [0, 0.1) is 0 Å². The van der Waals surface area contributed by atoms with Gasteiger partial charge in [-0.2, -0.15) is 0 Å². The molecular formula is C9H11BrN2O2. The van der Waals surface area contributed by atoms with Crippen LogP contribution in [0.5, 0.6) is 0 Å². The third-order valence-electron chi connectivity index (χ3n) is 1.71. The molecule has 1 aromatic heterocycles. The summed E-state index contributed by atoms with van der Waals surface area (Å²) in [6.45, 7) is 0. The number of ether oxygens (including phenoxy) is 1. The first-order valence-corrected chi connectivity index (χ1v) is 4.86. The molecule has 0 amide bonds. The van der Waals surface area contributed by atoms with Crippen LogP contribution in [0.1, 0.15) is 5.69 Å². The van der Waals surface area contributed by atoms with Gasteiger partial charge in [-0.1, -0.05) is 15.9 Å². The summed E-state index contributed by atoms with van der Waals surface area (Å²) in [7, 11) is 1.32. The summed E-state index contributed by atoms with van der Waals surface area (Å²) in [4.78, 5) is 15.1. The van der Waals surface area contributed by atoms with Crippen LogP contribution in [0.2, 0.25) is 0 Å². The Labute approximate surface area is 90.6 Å². The molecule has 4 nitrogen and oxygen atoms in total. The molecule has 5 heteroatoms. The second-order valence-corrected chi connectivity index (χ2v) is 3.71. The summed E-state index contributed by atoms with van der Waals surface area (Å²) in [6, 6.07) is 2.98. The fraction of sp³-hybridized carbons (Fsp3) is 0.333. The van der Waals surface area contributed by atoms with Crippen LogP contribution in [0.3, 0.4) is 0 Å². The number of carbonyl (C=O) groups excluding carboxylic acids is 1. The Hall–Kier alpha value is -0.940. The van der Waals surface area contributed by atoms with E-state index in [0.29, 0.717) is 6.42 Å². The lowest BCUT2D eigenvalue weighted by Gasteiger charge is -2.08. The van der Waals surface area contributed by atoms with Crippen LogP contribution < -0.4 is 5.73 Å². The normalized spacial score (nSPS) is 12.2. The van der Waals surface area contributed by atoms with E-state index in [1.807, 2.05) is 12.1 Å². The summed E-state index contributed by atoms with van der Waals surface area (Å²) in [5.74, 6) is -0.424. The van der Waals surface area contributed by atoms with Crippen molar-refractivity contribution in [3.05, 3.63) is 28.5 Å². The minimum atomic E-state index is -0.651. The van der Waals surface area contributed by atoms with Crippen molar-refractivity contribution in [1.29, 1.82) is 0 Å². The summed E-state index contributed by atoms with van der Waals surface area (Å²) in [6.07, 6.45) is 2.04. The van der Waals surface area contributed by atoms with Crippen molar-refractivity contribution >= 4 is 21.9 Å². The maximum absolute atomic E-state index is 11.0. The van der Waals surface area contributed by atoms with Crippen LogP contribution in [-0.2, 0) is 16.0 Å². The molecule has 0 aliphatic heterocycles. The smallest absolute Gasteiger partial charge is 0.323 e. The third-order valence-corrected chi connectivity index (χ3v) is 2.20. The van der Waals surface area contributed by atoms with E-state index in [9.17, 15) is 4.79 Å². The molecule has 1 atom stereocenters. The molecule has 76 valence electrons.